The average molecular weight is 369 g/mol. The molecule has 0 saturated carbocycles. The molecule has 1 aliphatic rings. The van der Waals surface area contributed by atoms with E-state index in [1.54, 1.807) is 26.4 Å². The van der Waals surface area contributed by atoms with Crippen molar-refractivity contribution in [3.05, 3.63) is 47.5 Å². The number of carbonyl (C=O) groups excluding carboxylic acids is 1. The van der Waals surface area contributed by atoms with Gasteiger partial charge in [0.05, 0.1) is 26.1 Å². The van der Waals surface area contributed by atoms with Crippen molar-refractivity contribution < 1.29 is 19.4 Å². The average Bonchev–Trinajstić information content (AvgIpc) is 3.22. The van der Waals surface area contributed by atoms with E-state index in [0.717, 1.165) is 37.4 Å². The Morgan fingerprint density at radius 2 is 1.89 bits per heavy atom. The summed E-state index contributed by atoms with van der Waals surface area (Å²) in [6.07, 6.45) is 3.83. The first-order valence-corrected chi connectivity index (χ1v) is 8.76. The van der Waals surface area contributed by atoms with Gasteiger partial charge in [-0.25, -0.2) is 5.43 Å². The summed E-state index contributed by atoms with van der Waals surface area (Å²) in [6.45, 7) is 1.99. The number of hydrogen-bond acceptors (Lipinski definition) is 6. The fourth-order valence-electron chi connectivity index (χ4n) is 3.08. The fourth-order valence-corrected chi connectivity index (χ4v) is 3.08. The zero-order valence-corrected chi connectivity index (χ0v) is 15.4. The van der Waals surface area contributed by atoms with Gasteiger partial charge in [0, 0.05) is 30.3 Å². The summed E-state index contributed by atoms with van der Waals surface area (Å²) in [7, 11) is 3.23. The largest absolute Gasteiger partial charge is 0.508 e. The molecular weight excluding hydrogens is 346 g/mol. The summed E-state index contributed by atoms with van der Waals surface area (Å²) in [5.41, 5.74) is 4.45. The molecule has 0 atom stereocenters. The number of carbonyl (C=O) groups is 1. The molecule has 2 aromatic carbocycles. The van der Waals surface area contributed by atoms with Crippen molar-refractivity contribution in [2.24, 2.45) is 5.10 Å². The smallest absolute Gasteiger partial charge is 0.271 e. The molecule has 0 aromatic heterocycles. The molecule has 27 heavy (non-hydrogen) atoms. The van der Waals surface area contributed by atoms with Crippen molar-refractivity contribution in [3.63, 3.8) is 0 Å². The highest BCUT2D eigenvalue weighted by molar-refractivity contribution is 5.95. The van der Waals surface area contributed by atoms with E-state index in [4.69, 9.17) is 9.47 Å². The summed E-state index contributed by atoms with van der Waals surface area (Å²) in [4.78, 5) is 14.4. The lowest BCUT2D eigenvalue weighted by Gasteiger charge is -2.22. The lowest BCUT2D eigenvalue weighted by molar-refractivity contribution is 0.0954. The van der Waals surface area contributed by atoms with Crippen LogP contribution in [0.1, 0.15) is 28.8 Å². The number of methoxy groups -OCH3 is 2. The minimum Gasteiger partial charge on any atom is -0.508 e. The maximum atomic E-state index is 12.1. The van der Waals surface area contributed by atoms with Crippen LogP contribution >= 0.6 is 0 Å². The molecule has 1 saturated heterocycles. The second-order valence-electron chi connectivity index (χ2n) is 6.21. The first kappa shape index (κ1) is 18.6. The predicted molar refractivity (Wildman–Crippen MR) is 104 cm³/mol. The van der Waals surface area contributed by atoms with Crippen molar-refractivity contribution in [2.45, 2.75) is 12.8 Å². The van der Waals surface area contributed by atoms with Crippen LogP contribution in [0.2, 0.25) is 0 Å². The Balaban J connectivity index is 1.79. The van der Waals surface area contributed by atoms with Crippen molar-refractivity contribution >= 4 is 17.8 Å². The molecule has 2 N–H and O–H groups in total. The third-order valence-electron chi connectivity index (χ3n) is 4.46. The van der Waals surface area contributed by atoms with Gasteiger partial charge in [0.2, 0.25) is 0 Å². The lowest BCUT2D eigenvalue weighted by atomic mass is 10.1. The zero-order valence-electron chi connectivity index (χ0n) is 15.4. The van der Waals surface area contributed by atoms with Gasteiger partial charge in [-0.2, -0.15) is 5.10 Å². The summed E-state index contributed by atoms with van der Waals surface area (Å²) < 4.78 is 11.0. The Hall–Kier alpha value is -3.22. The number of phenolic OH excluding ortho intramolecular Hbond substituents is 1. The maximum Gasteiger partial charge on any atom is 0.271 e. The molecule has 0 bridgehead atoms. The molecule has 0 radical (unpaired) electrons. The van der Waals surface area contributed by atoms with Crippen molar-refractivity contribution in [3.8, 4) is 17.2 Å². The van der Waals surface area contributed by atoms with E-state index in [2.05, 4.69) is 15.4 Å². The molecule has 1 amide bonds. The molecule has 1 heterocycles. The molecule has 0 spiro atoms. The monoisotopic (exact) mass is 369 g/mol. The number of hydrazone groups is 1. The van der Waals surface area contributed by atoms with Crippen LogP contribution in [0.5, 0.6) is 17.2 Å². The van der Waals surface area contributed by atoms with Crippen LogP contribution < -0.4 is 19.8 Å². The van der Waals surface area contributed by atoms with Crippen LogP contribution in [-0.4, -0.2) is 44.5 Å². The minimum absolute atomic E-state index is 0.0236. The molecule has 7 nitrogen and oxygen atoms in total. The van der Waals surface area contributed by atoms with Crippen molar-refractivity contribution in [2.75, 3.05) is 32.2 Å². The third kappa shape index (κ3) is 4.31. The number of nitrogens with zero attached hydrogens (tertiary/aromatic N) is 2. The van der Waals surface area contributed by atoms with Crippen LogP contribution in [0.15, 0.2) is 41.5 Å². The van der Waals surface area contributed by atoms with E-state index < -0.39 is 5.91 Å². The third-order valence-corrected chi connectivity index (χ3v) is 4.46. The van der Waals surface area contributed by atoms with E-state index in [1.165, 1.54) is 18.3 Å². The minimum atomic E-state index is -0.415. The number of ether oxygens (including phenoxy) is 2. The number of phenols is 1. The molecule has 0 unspecified atom stereocenters. The summed E-state index contributed by atoms with van der Waals surface area (Å²) in [6, 6.07) is 9.84. The Labute approximate surface area is 158 Å². The van der Waals surface area contributed by atoms with E-state index in [-0.39, 0.29) is 5.75 Å². The number of benzene rings is 2. The Kier molecular flexibility index (Phi) is 5.80. The maximum absolute atomic E-state index is 12.1. The van der Waals surface area contributed by atoms with Gasteiger partial charge in [0.15, 0.2) is 0 Å². The number of anilines is 1. The standard InChI is InChI=1S/C20H23N3O4/c1-26-18-12-17(23-8-3-4-9-23)19(27-2)11-15(18)13-21-22-20(25)14-6-5-7-16(24)10-14/h5-7,10-13,24H,3-4,8-9H2,1-2H3,(H,22,25)/b21-13+. The van der Waals surface area contributed by atoms with Gasteiger partial charge in [-0.3, -0.25) is 4.79 Å². The lowest BCUT2D eigenvalue weighted by Crippen LogP contribution is -2.19. The Morgan fingerprint density at radius 3 is 2.56 bits per heavy atom. The van der Waals surface area contributed by atoms with E-state index in [1.807, 2.05) is 12.1 Å². The van der Waals surface area contributed by atoms with Gasteiger partial charge in [-0.15, -0.1) is 0 Å². The number of rotatable bonds is 6. The number of aromatic hydroxyl groups is 1. The van der Waals surface area contributed by atoms with Gasteiger partial charge in [0.1, 0.15) is 17.2 Å². The summed E-state index contributed by atoms with van der Waals surface area (Å²) >= 11 is 0. The number of nitrogens with one attached hydrogen (secondary N) is 1. The van der Waals surface area contributed by atoms with Crippen LogP contribution in [0.25, 0.3) is 0 Å². The molecule has 142 valence electrons. The molecule has 0 aliphatic carbocycles. The SMILES string of the molecule is COc1cc(N2CCCC2)c(OC)cc1/C=N/NC(=O)c1cccc(O)c1. The quantitative estimate of drug-likeness (QED) is 0.604. The normalized spacial score (nSPS) is 13.8. The molecule has 2 aromatic rings. The predicted octanol–water partition coefficient (Wildman–Crippen LogP) is 2.77. The number of amides is 1. The fraction of sp³-hybridized carbons (Fsp3) is 0.300. The van der Waals surface area contributed by atoms with E-state index in [9.17, 15) is 9.90 Å². The summed E-state index contributed by atoms with van der Waals surface area (Å²) in [5.74, 6) is 0.990. The van der Waals surface area contributed by atoms with Crippen LogP contribution in [0.4, 0.5) is 5.69 Å². The van der Waals surface area contributed by atoms with Gasteiger partial charge < -0.3 is 19.5 Å². The van der Waals surface area contributed by atoms with Gasteiger partial charge in [-0.05, 0) is 37.1 Å². The topological polar surface area (TPSA) is 83.4 Å². The van der Waals surface area contributed by atoms with Gasteiger partial charge in [0.25, 0.3) is 5.91 Å². The summed E-state index contributed by atoms with van der Waals surface area (Å²) in [5, 5.41) is 13.5. The van der Waals surface area contributed by atoms with Crippen LogP contribution in [0.3, 0.4) is 0 Å². The Bertz CT molecular complexity index is 845. The van der Waals surface area contributed by atoms with Crippen LogP contribution in [-0.2, 0) is 0 Å². The van der Waals surface area contributed by atoms with E-state index >= 15 is 0 Å². The molecular formula is C20H23N3O4. The molecule has 1 aliphatic heterocycles. The molecule has 7 heteroatoms. The highest BCUT2D eigenvalue weighted by Crippen LogP contribution is 2.36. The first-order chi connectivity index (χ1) is 13.1. The van der Waals surface area contributed by atoms with Crippen molar-refractivity contribution in [1.29, 1.82) is 0 Å². The second-order valence-corrected chi connectivity index (χ2v) is 6.21. The van der Waals surface area contributed by atoms with Crippen molar-refractivity contribution in [1.82, 2.24) is 5.43 Å². The second kappa shape index (κ2) is 8.44. The molecule has 1 fully saturated rings. The van der Waals surface area contributed by atoms with Gasteiger partial charge in [-0.1, -0.05) is 6.07 Å². The highest BCUT2D eigenvalue weighted by atomic mass is 16.5. The number of hydrogen-bond donors (Lipinski definition) is 2. The van der Waals surface area contributed by atoms with E-state index in [0.29, 0.717) is 16.9 Å². The highest BCUT2D eigenvalue weighted by Gasteiger charge is 2.19. The van der Waals surface area contributed by atoms with Crippen LogP contribution in [0, 0.1) is 0 Å². The van der Waals surface area contributed by atoms with Gasteiger partial charge >= 0.3 is 0 Å². The first-order valence-electron chi connectivity index (χ1n) is 8.76. The Morgan fingerprint density at radius 1 is 1.15 bits per heavy atom. The zero-order chi connectivity index (χ0) is 19.2. The molecule has 3 rings (SSSR count).